The van der Waals surface area contributed by atoms with Gasteiger partial charge < -0.3 is 9.64 Å². The lowest BCUT2D eigenvalue weighted by Crippen LogP contribution is -2.41. The molecule has 0 aliphatic carbocycles. The maximum absolute atomic E-state index is 12.5. The largest absolute Gasteiger partial charge is 0.472 e. The average Bonchev–Trinajstić information content (AvgIpc) is 3.18. The van der Waals surface area contributed by atoms with Crippen LogP contribution in [0.25, 0.3) is 0 Å². The molecule has 9 heteroatoms. The average molecular weight is 308 g/mol. The fraction of sp³-hybridized carbons (Fsp3) is 0.500. The van der Waals surface area contributed by atoms with Crippen molar-refractivity contribution >= 4 is 22.5 Å². The molecule has 2 aromatic rings. The number of rotatable bonds is 3. The number of carbonyl (C=O) groups is 1. The van der Waals surface area contributed by atoms with E-state index in [1.54, 1.807) is 6.20 Å². The number of H-pyrrole nitrogens is 1. The second-order valence-electron chi connectivity index (χ2n) is 4.74. The Kier molecular flexibility index (Phi) is 4.00. The molecule has 2 aromatic heterocycles. The number of ether oxygens (including phenoxy) is 1. The molecule has 21 heavy (non-hydrogen) atoms. The monoisotopic (exact) mass is 308 g/mol. The first-order chi connectivity index (χ1) is 10.3. The molecule has 0 radical (unpaired) electrons. The predicted octanol–water partition coefficient (Wildman–Crippen LogP) is 2.03. The lowest BCUT2D eigenvalue weighted by atomic mass is 9.98. The zero-order valence-electron chi connectivity index (χ0n) is 11.6. The molecular formula is C12H16N6O2S. The van der Waals surface area contributed by atoms with Crippen LogP contribution in [-0.2, 0) is 0 Å². The van der Waals surface area contributed by atoms with E-state index in [1.807, 2.05) is 11.1 Å². The lowest BCUT2D eigenvalue weighted by molar-refractivity contribution is 0.163. The molecule has 0 bridgehead atoms. The summed E-state index contributed by atoms with van der Waals surface area (Å²) in [5.74, 6) is 0. The van der Waals surface area contributed by atoms with E-state index in [2.05, 4.69) is 25.7 Å². The first-order valence-corrected chi connectivity index (χ1v) is 7.53. The summed E-state index contributed by atoms with van der Waals surface area (Å²) in [4.78, 5) is 14.3. The second kappa shape index (κ2) is 6.08. The molecule has 1 saturated heterocycles. The van der Waals surface area contributed by atoms with Gasteiger partial charge in [-0.3, -0.25) is 10.4 Å². The summed E-state index contributed by atoms with van der Waals surface area (Å²) in [6.07, 6.45) is 6.65. The smallest absolute Gasteiger partial charge is 0.324 e. The van der Waals surface area contributed by atoms with Crippen LogP contribution in [0.3, 0.4) is 0 Å². The van der Waals surface area contributed by atoms with E-state index in [0.29, 0.717) is 10.3 Å². The summed E-state index contributed by atoms with van der Waals surface area (Å²) >= 11 is 1.20. The van der Waals surface area contributed by atoms with E-state index < -0.39 is 0 Å². The molecule has 0 saturated carbocycles. The highest BCUT2D eigenvalue weighted by molar-refractivity contribution is 7.17. The van der Waals surface area contributed by atoms with E-state index in [4.69, 9.17) is 4.74 Å². The number of hydrogen-bond donors (Lipinski definition) is 2. The molecule has 0 aromatic carbocycles. The number of urea groups is 1. The van der Waals surface area contributed by atoms with Crippen LogP contribution in [0, 0.1) is 0 Å². The number of amides is 2. The number of likely N-dealkylation sites (tertiary alicyclic amines) is 1. The van der Waals surface area contributed by atoms with Crippen LogP contribution in [0.2, 0.25) is 0 Å². The van der Waals surface area contributed by atoms with Crippen molar-refractivity contribution in [3.63, 3.8) is 0 Å². The van der Waals surface area contributed by atoms with Gasteiger partial charge in [-0.25, -0.2) is 4.79 Å². The SMILES string of the molecule is COc1nnc(NC(=O)N2CCCC[C@@H]2c2cn[nH]c2)s1. The summed E-state index contributed by atoms with van der Waals surface area (Å²) in [6.45, 7) is 0.720. The summed E-state index contributed by atoms with van der Waals surface area (Å²) in [5.41, 5.74) is 1.03. The highest BCUT2D eigenvalue weighted by Crippen LogP contribution is 2.31. The lowest BCUT2D eigenvalue weighted by Gasteiger charge is -2.34. The molecule has 2 N–H and O–H groups in total. The number of aromatic amines is 1. The number of carbonyl (C=O) groups excluding carboxylic acids is 1. The highest BCUT2D eigenvalue weighted by atomic mass is 32.1. The fourth-order valence-electron chi connectivity index (χ4n) is 2.47. The van der Waals surface area contributed by atoms with Crippen LogP contribution >= 0.6 is 11.3 Å². The van der Waals surface area contributed by atoms with Crippen molar-refractivity contribution in [1.82, 2.24) is 25.3 Å². The van der Waals surface area contributed by atoms with Crippen molar-refractivity contribution < 1.29 is 9.53 Å². The minimum atomic E-state index is -0.167. The minimum Gasteiger partial charge on any atom is -0.472 e. The minimum absolute atomic E-state index is 0.0484. The van der Waals surface area contributed by atoms with Crippen LogP contribution in [0.4, 0.5) is 9.93 Å². The van der Waals surface area contributed by atoms with Crippen LogP contribution in [-0.4, -0.2) is 45.0 Å². The van der Waals surface area contributed by atoms with Gasteiger partial charge in [0.05, 0.1) is 19.3 Å². The van der Waals surface area contributed by atoms with Gasteiger partial charge in [0, 0.05) is 18.3 Å². The first kappa shape index (κ1) is 13.8. The van der Waals surface area contributed by atoms with Gasteiger partial charge in [0.25, 0.3) is 5.19 Å². The Hall–Kier alpha value is -2.16. The molecule has 1 aliphatic rings. The van der Waals surface area contributed by atoms with Crippen molar-refractivity contribution in [3.05, 3.63) is 18.0 Å². The molecule has 0 spiro atoms. The van der Waals surface area contributed by atoms with Crippen LogP contribution in [0.5, 0.6) is 5.19 Å². The van der Waals surface area contributed by atoms with Gasteiger partial charge in [-0.15, -0.1) is 5.10 Å². The van der Waals surface area contributed by atoms with Crippen molar-refractivity contribution in [2.45, 2.75) is 25.3 Å². The van der Waals surface area contributed by atoms with Gasteiger partial charge in [-0.05, 0) is 30.6 Å². The van der Waals surface area contributed by atoms with Crippen molar-refractivity contribution in [1.29, 1.82) is 0 Å². The number of nitrogens with one attached hydrogen (secondary N) is 2. The molecule has 1 aliphatic heterocycles. The number of piperidine rings is 1. The van der Waals surface area contributed by atoms with Crippen molar-refractivity contribution in [2.75, 3.05) is 19.0 Å². The van der Waals surface area contributed by atoms with Crippen LogP contribution in [0.15, 0.2) is 12.4 Å². The Labute approximate surface area is 125 Å². The molecule has 8 nitrogen and oxygen atoms in total. The zero-order chi connectivity index (χ0) is 14.7. The third kappa shape index (κ3) is 2.97. The van der Waals surface area contributed by atoms with E-state index in [-0.39, 0.29) is 12.1 Å². The summed E-state index contributed by atoms with van der Waals surface area (Å²) in [6, 6.07) is -0.118. The van der Waals surface area contributed by atoms with E-state index in [9.17, 15) is 4.79 Å². The normalized spacial score (nSPS) is 18.5. The standard InChI is InChI=1S/C12H16N6O2S/c1-20-12-17-16-10(21-12)15-11(19)18-5-3-2-4-9(18)8-6-13-14-7-8/h6-7,9H,2-5H2,1H3,(H,13,14)(H,15,16,19)/t9-/m1/s1. The van der Waals surface area contributed by atoms with Crippen LogP contribution < -0.4 is 10.1 Å². The fourth-order valence-corrected chi connectivity index (χ4v) is 3.02. The van der Waals surface area contributed by atoms with Gasteiger partial charge in [0.1, 0.15) is 0 Å². The predicted molar refractivity (Wildman–Crippen MR) is 77.4 cm³/mol. The van der Waals surface area contributed by atoms with Crippen molar-refractivity contribution in [3.8, 4) is 5.19 Å². The summed E-state index contributed by atoms with van der Waals surface area (Å²) < 4.78 is 4.97. The Morgan fingerprint density at radius 1 is 1.52 bits per heavy atom. The number of anilines is 1. The Morgan fingerprint density at radius 2 is 2.43 bits per heavy atom. The Balaban J connectivity index is 1.72. The van der Waals surface area contributed by atoms with Crippen LogP contribution in [0.1, 0.15) is 30.9 Å². The first-order valence-electron chi connectivity index (χ1n) is 6.71. The summed E-state index contributed by atoms with van der Waals surface area (Å²) in [7, 11) is 1.52. The molecule has 1 atom stereocenters. The molecule has 0 unspecified atom stereocenters. The van der Waals surface area contributed by atoms with Gasteiger partial charge >= 0.3 is 6.03 Å². The molecule has 3 rings (SSSR count). The zero-order valence-corrected chi connectivity index (χ0v) is 12.4. The number of hydrogen-bond acceptors (Lipinski definition) is 6. The molecular weight excluding hydrogens is 292 g/mol. The van der Waals surface area contributed by atoms with E-state index >= 15 is 0 Å². The summed E-state index contributed by atoms with van der Waals surface area (Å²) in [5, 5.41) is 18.1. The third-order valence-electron chi connectivity index (χ3n) is 3.46. The van der Waals surface area contributed by atoms with Gasteiger partial charge in [0.2, 0.25) is 5.13 Å². The second-order valence-corrected chi connectivity index (χ2v) is 5.68. The maximum atomic E-state index is 12.5. The number of aromatic nitrogens is 4. The number of nitrogens with zero attached hydrogens (tertiary/aromatic N) is 4. The van der Waals surface area contributed by atoms with E-state index in [0.717, 1.165) is 31.4 Å². The van der Waals surface area contributed by atoms with Gasteiger partial charge in [0.15, 0.2) is 0 Å². The van der Waals surface area contributed by atoms with Gasteiger partial charge in [-0.2, -0.15) is 5.10 Å². The molecule has 1 fully saturated rings. The number of methoxy groups -OCH3 is 1. The highest BCUT2D eigenvalue weighted by Gasteiger charge is 2.29. The Bertz CT molecular complexity index is 599. The van der Waals surface area contributed by atoms with Crippen molar-refractivity contribution in [2.24, 2.45) is 0 Å². The van der Waals surface area contributed by atoms with Gasteiger partial charge in [-0.1, -0.05) is 5.10 Å². The molecule has 112 valence electrons. The molecule has 2 amide bonds. The molecule has 3 heterocycles. The Morgan fingerprint density at radius 3 is 3.14 bits per heavy atom. The van der Waals surface area contributed by atoms with E-state index in [1.165, 1.54) is 18.4 Å². The quantitative estimate of drug-likeness (QED) is 0.904. The topological polar surface area (TPSA) is 96.0 Å². The maximum Gasteiger partial charge on any atom is 0.324 e. The third-order valence-corrected chi connectivity index (χ3v) is 4.26.